The van der Waals surface area contributed by atoms with Gasteiger partial charge in [-0.2, -0.15) is 0 Å². The van der Waals surface area contributed by atoms with Crippen LogP contribution in [-0.2, 0) is 6.61 Å². The second kappa shape index (κ2) is 5.59. The number of nitrogens with zero attached hydrogens (tertiary/aromatic N) is 3. The van der Waals surface area contributed by atoms with Gasteiger partial charge in [-0.05, 0) is 6.07 Å². The highest BCUT2D eigenvalue weighted by molar-refractivity contribution is 9.10. The summed E-state index contributed by atoms with van der Waals surface area (Å²) in [6.45, 7) is 0.114. The van der Waals surface area contributed by atoms with Crippen molar-refractivity contribution < 1.29 is 9.66 Å². The van der Waals surface area contributed by atoms with Crippen molar-refractivity contribution in [2.45, 2.75) is 6.61 Å². The Balaban J connectivity index is 2.14. The normalized spacial score (nSPS) is 10.3. The summed E-state index contributed by atoms with van der Waals surface area (Å²) < 4.78 is 10.1. The summed E-state index contributed by atoms with van der Waals surface area (Å²) in [5, 5.41) is 14.5. The number of ether oxygens (including phenoxy) is 1. The molecule has 0 aliphatic rings. The first-order valence-corrected chi connectivity index (χ1v) is 6.55. The molecule has 0 saturated carbocycles. The third kappa shape index (κ3) is 3.15. The van der Waals surface area contributed by atoms with E-state index in [1.165, 1.54) is 12.1 Å². The molecule has 1 aromatic heterocycles. The summed E-state index contributed by atoms with van der Waals surface area (Å²) in [4.78, 5) is 10.2. The topological polar surface area (TPSA) is 78.2 Å². The summed E-state index contributed by atoms with van der Waals surface area (Å²) in [7, 11) is 0. The van der Waals surface area contributed by atoms with E-state index in [2.05, 4.69) is 25.5 Å². The van der Waals surface area contributed by atoms with Gasteiger partial charge >= 0.3 is 0 Å². The van der Waals surface area contributed by atoms with Gasteiger partial charge in [0.05, 0.1) is 11.0 Å². The fraction of sp³-hybridized carbons (Fsp3) is 0.111. The largest absolute Gasteiger partial charge is 0.487 e. The van der Waals surface area contributed by atoms with E-state index in [0.29, 0.717) is 20.3 Å². The van der Waals surface area contributed by atoms with E-state index in [-0.39, 0.29) is 12.3 Å². The average molecular weight is 351 g/mol. The Bertz CT molecular complexity index is 592. The molecular formula is C9H5BrClN3O3S. The molecule has 0 N–H and O–H groups in total. The van der Waals surface area contributed by atoms with Crippen molar-refractivity contribution in [3.63, 3.8) is 0 Å². The molecule has 0 fully saturated rings. The molecule has 1 aromatic carbocycles. The van der Waals surface area contributed by atoms with Crippen molar-refractivity contribution in [2.75, 3.05) is 0 Å². The van der Waals surface area contributed by atoms with Crippen LogP contribution in [0, 0.1) is 10.1 Å². The zero-order valence-corrected chi connectivity index (χ0v) is 11.8. The van der Waals surface area contributed by atoms with Crippen LogP contribution < -0.4 is 4.74 Å². The summed E-state index contributed by atoms with van der Waals surface area (Å²) in [6.07, 6.45) is 0. The van der Waals surface area contributed by atoms with Crippen LogP contribution in [0.4, 0.5) is 5.69 Å². The lowest BCUT2D eigenvalue weighted by Gasteiger charge is -2.04. The first-order chi connectivity index (χ1) is 8.56. The maximum absolute atomic E-state index is 10.7. The molecule has 94 valence electrons. The quantitative estimate of drug-likeness (QED) is 0.623. The number of benzene rings is 1. The van der Waals surface area contributed by atoms with Crippen molar-refractivity contribution >= 4 is 44.8 Å². The van der Waals surface area contributed by atoms with Crippen LogP contribution in [0.25, 0.3) is 0 Å². The fourth-order valence-electron chi connectivity index (χ4n) is 1.17. The predicted molar refractivity (Wildman–Crippen MR) is 70.0 cm³/mol. The Hall–Kier alpha value is -1.25. The van der Waals surface area contributed by atoms with Gasteiger partial charge in [0, 0.05) is 22.1 Å². The minimum atomic E-state index is -0.491. The van der Waals surface area contributed by atoms with Gasteiger partial charge in [-0.3, -0.25) is 10.1 Å². The Labute approximate surface area is 119 Å². The molecule has 0 amide bonds. The molecule has 6 nitrogen and oxygen atoms in total. The zero-order chi connectivity index (χ0) is 13.1. The number of aromatic nitrogens is 2. The maximum atomic E-state index is 10.7. The van der Waals surface area contributed by atoms with E-state index in [1.807, 2.05) is 0 Å². The van der Waals surface area contributed by atoms with E-state index in [0.717, 1.165) is 11.5 Å². The second-order valence-electron chi connectivity index (χ2n) is 3.18. The molecule has 0 aliphatic heterocycles. The third-order valence-corrected chi connectivity index (χ3v) is 3.39. The first-order valence-electron chi connectivity index (χ1n) is 4.61. The Morgan fingerprint density at radius 3 is 2.89 bits per heavy atom. The van der Waals surface area contributed by atoms with Crippen LogP contribution in [0.3, 0.4) is 0 Å². The highest BCUT2D eigenvalue weighted by Gasteiger charge is 2.11. The molecule has 0 aliphatic carbocycles. The molecule has 0 spiro atoms. The van der Waals surface area contributed by atoms with Gasteiger partial charge in [0.25, 0.3) is 5.69 Å². The SMILES string of the molecule is O=[N+]([O-])c1cc(Br)cc(OCc2nnsc2Cl)c1. The van der Waals surface area contributed by atoms with E-state index in [9.17, 15) is 10.1 Å². The number of halogens is 2. The maximum Gasteiger partial charge on any atom is 0.274 e. The highest BCUT2D eigenvalue weighted by atomic mass is 79.9. The number of hydrogen-bond acceptors (Lipinski definition) is 6. The molecule has 0 atom stereocenters. The molecule has 0 unspecified atom stereocenters. The average Bonchev–Trinajstić information content (AvgIpc) is 2.71. The van der Waals surface area contributed by atoms with Gasteiger partial charge in [0.1, 0.15) is 22.4 Å². The standard InChI is InChI=1S/C9H5BrClN3O3S/c10-5-1-6(14(15)16)3-7(2-5)17-4-8-9(11)18-13-12-8/h1-3H,4H2. The summed E-state index contributed by atoms with van der Waals surface area (Å²) in [5.74, 6) is 0.361. The molecular weight excluding hydrogens is 346 g/mol. The van der Waals surface area contributed by atoms with E-state index >= 15 is 0 Å². The monoisotopic (exact) mass is 349 g/mol. The van der Waals surface area contributed by atoms with Gasteiger partial charge in [-0.15, -0.1) is 5.10 Å². The minimum absolute atomic E-state index is 0.0538. The molecule has 0 bridgehead atoms. The van der Waals surface area contributed by atoms with Crippen molar-refractivity contribution in [3.05, 3.63) is 42.8 Å². The molecule has 18 heavy (non-hydrogen) atoms. The lowest BCUT2D eigenvalue weighted by atomic mass is 10.3. The molecule has 2 aromatic rings. The highest BCUT2D eigenvalue weighted by Crippen LogP contribution is 2.27. The second-order valence-corrected chi connectivity index (χ2v) is 5.46. The van der Waals surface area contributed by atoms with Crippen LogP contribution in [-0.4, -0.2) is 14.5 Å². The number of rotatable bonds is 4. The predicted octanol–water partition coefficient (Wildman–Crippen LogP) is 3.44. The van der Waals surface area contributed by atoms with Gasteiger partial charge in [-0.1, -0.05) is 32.0 Å². The third-order valence-electron chi connectivity index (χ3n) is 1.95. The lowest BCUT2D eigenvalue weighted by Crippen LogP contribution is -1.97. The van der Waals surface area contributed by atoms with Crippen LogP contribution in [0.15, 0.2) is 22.7 Å². The molecule has 9 heteroatoms. The fourth-order valence-corrected chi connectivity index (χ4v) is 2.23. The van der Waals surface area contributed by atoms with Crippen LogP contribution in [0.5, 0.6) is 5.75 Å². The van der Waals surface area contributed by atoms with Gasteiger partial charge in [0.15, 0.2) is 0 Å². The summed E-state index contributed by atoms with van der Waals surface area (Å²) in [6, 6.07) is 4.35. The van der Waals surface area contributed by atoms with Gasteiger partial charge in [0.2, 0.25) is 0 Å². The Morgan fingerprint density at radius 1 is 1.50 bits per heavy atom. The Morgan fingerprint density at radius 2 is 2.28 bits per heavy atom. The van der Waals surface area contributed by atoms with Crippen molar-refractivity contribution in [1.82, 2.24) is 9.59 Å². The lowest BCUT2D eigenvalue weighted by molar-refractivity contribution is -0.385. The number of nitro benzene ring substituents is 1. The van der Waals surface area contributed by atoms with Gasteiger partial charge in [-0.25, -0.2) is 0 Å². The van der Waals surface area contributed by atoms with E-state index in [1.54, 1.807) is 6.07 Å². The van der Waals surface area contributed by atoms with E-state index < -0.39 is 4.92 Å². The number of hydrogen-bond donors (Lipinski definition) is 0. The molecule has 0 radical (unpaired) electrons. The van der Waals surface area contributed by atoms with Crippen LogP contribution in [0.1, 0.15) is 5.69 Å². The number of nitro groups is 1. The smallest absolute Gasteiger partial charge is 0.274 e. The van der Waals surface area contributed by atoms with Crippen molar-refractivity contribution in [1.29, 1.82) is 0 Å². The molecule has 0 saturated heterocycles. The first kappa shape index (κ1) is 13.2. The Kier molecular flexibility index (Phi) is 4.10. The van der Waals surface area contributed by atoms with E-state index in [4.69, 9.17) is 16.3 Å². The zero-order valence-electron chi connectivity index (χ0n) is 8.67. The van der Waals surface area contributed by atoms with Crippen molar-refractivity contribution in [2.24, 2.45) is 0 Å². The summed E-state index contributed by atoms with van der Waals surface area (Å²) in [5.41, 5.74) is 0.450. The number of non-ortho nitro benzene ring substituents is 1. The van der Waals surface area contributed by atoms with Crippen molar-refractivity contribution in [3.8, 4) is 5.75 Å². The minimum Gasteiger partial charge on any atom is -0.487 e. The van der Waals surface area contributed by atoms with Crippen LogP contribution in [0.2, 0.25) is 4.34 Å². The molecule has 1 heterocycles. The van der Waals surface area contributed by atoms with Crippen LogP contribution >= 0.6 is 39.1 Å². The summed E-state index contributed by atoms with van der Waals surface area (Å²) >= 11 is 10.1. The molecule has 2 rings (SSSR count). The van der Waals surface area contributed by atoms with Gasteiger partial charge < -0.3 is 4.74 Å².